The SMILES string of the molecule is C1=C[CH]([Zr+]([CH]2C=Cc3ccccc32)[SiH](c2ccccc2)c2ccccc2)c2ccccc21.C1=C[CH]([Zr+]([CH]2C=Cc3ccccc32)[SiH](c2ccccc2)c2ccccc2)c2ccccc21.[Br-].[Cl-]. The molecule has 4 unspecified atom stereocenters. The molecule has 0 bridgehead atoms. The zero-order valence-electron chi connectivity index (χ0n) is 36.6. The van der Waals surface area contributed by atoms with Crippen LogP contribution < -0.4 is 50.1 Å². The van der Waals surface area contributed by atoms with Crippen LogP contribution in [0.15, 0.2) is 243 Å². The number of halogens is 2. The minimum Gasteiger partial charge on any atom is -1.00 e. The maximum absolute atomic E-state index is 2.57. The molecule has 0 saturated carbocycles. The normalized spacial score (nSPS) is 17.5. The van der Waals surface area contributed by atoms with Crippen molar-refractivity contribution in [2.75, 3.05) is 0 Å². The maximum atomic E-state index is 2.57. The van der Waals surface area contributed by atoms with Crippen LogP contribution in [0.4, 0.5) is 0 Å². The third kappa shape index (κ3) is 9.43. The molecule has 6 heteroatoms. The van der Waals surface area contributed by atoms with Gasteiger partial charge in [-0.2, -0.15) is 0 Å². The van der Waals surface area contributed by atoms with Crippen LogP contribution in [0.5, 0.6) is 0 Å². The molecule has 0 radical (unpaired) electrons. The van der Waals surface area contributed by atoms with E-state index in [1.807, 2.05) is 0 Å². The summed E-state index contributed by atoms with van der Waals surface area (Å²) < 4.78 is 2.47. The summed E-state index contributed by atoms with van der Waals surface area (Å²) in [4.78, 5) is 0. The molecule has 0 spiro atoms. The van der Waals surface area contributed by atoms with Crippen molar-refractivity contribution < 1.29 is 71.2 Å². The van der Waals surface area contributed by atoms with Crippen LogP contribution >= 0.6 is 0 Å². The van der Waals surface area contributed by atoms with Gasteiger partial charge in [-0.15, -0.1) is 0 Å². The fourth-order valence-corrected chi connectivity index (χ4v) is 62.8. The van der Waals surface area contributed by atoms with E-state index in [1.54, 1.807) is 43.0 Å². The average Bonchev–Trinajstić information content (AvgIpc) is 4.20. The van der Waals surface area contributed by atoms with Gasteiger partial charge in [-0.1, -0.05) is 0 Å². The monoisotopic (exact) mass is 1120 g/mol. The van der Waals surface area contributed by atoms with E-state index in [1.165, 1.54) is 22.3 Å². The summed E-state index contributed by atoms with van der Waals surface area (Å²) in [7, 11) is 0. The van der Waals surface area contributed by atoms with E-state index in [2.05, 4.69) is 267 Å². The quantitative estimate of drug-likeness (QED) is 0.162. The molecule has 0 saturated heterocycles. The number of hydrogen-bond acceptors (Lipinski definition) is 0. The largest absolute Gasteiger partial charge is 1.00 e. The van der Waals surface area contributed by atoms with E-state index in [4.69, 9.17) is 0 Å². The Hall–Kier alpha value is -4.31. The van der Waals surface area contributed by atoms with E-state index in [-0.39, 0.29) is 29.4 Å². The number of fused-ring (bicyclic) bond motifs is 4. The van der Waals surface area contributed by atoms with Gasteiger partial charge in [0.15, 0.2) is 0 Å². The standard InChI is InChI=1S/2C12H11Si.4C9H7.BrH.ClH.2Zr/c2*1-3-7-11(8-4-1)13-12-9-5-2-6-10-12;4*1-2-5-9-7-3-6-8(9)4-1;;;;/h2*1-10,13H;4*1-7H;2*1H;;/q;;;;;;;;2*+1/p-2. The van der Waals surface area contributed by atoms with Crippen molar-refractivity contribution in [3.8, 4) is 0 Å². The van der Waals surface area contributed by atoms with Crippen molar-refractivity contribution in [3.05, 3.63) is 287 Å². The van der Waals surface area contributed by atoms with Crippen molar-refractivity contribution in [3.63, 3.8) is 0 Å². The molecule has 66 heavy (non-hydrogen) atoms. The van der Waals surface area contributed by atoms with Crippen molar-refractivity contribution >= 4 is 56.9 Å². The van der Waals surface area contributed by atoms with Crippen molar-refractivity contribution in [2.45, 2.75) is 14.5 Å². The van der Waals surface area contributed by atoms with Crippen molar-refractivity contribution in [1.82, 2.24) is 0 Å². The van der Waals surface area contributed by atoms with E-state index >= 15 is 0 Å². The van der Waals surface area contributed by atoms with Crippen LogP contribution in [-0.2, 0) is 41.8 Å². The molecule has 0 amide bonds. The predicted molar refractivity (Wildman–Crippen MR) is 271 cm³/mol. The molecule has 0 fully saturated rings. The molecular formula is C60H50BrClSi2Zr2. The van der Waals surface area contributed by atoms with Crippen LogP contribution in [0, 0.1) is 0 Å². The van der Waals surface area contributed by atoms with Gasteiger partial charge < -0.3 is 29.4 Å². The van der Waals surface area contributed by atoms with Gasteiger partial charge in [-0.3, -0.25) is 0 Å². The van der Waals surface area contributed by atoms with E-state index in [0.717, 1.165) is 0 Å². The molecule has 320 valence electrons. The van der Waals surface area contributed by atoms with Gasteiger partial charge in [0, 0.05) is 0 Å². The maximum Gasteiger partial charge on any atom is -1.00 e. The van der Waals surface area contributed by atoms with Crippen LogP contribution in [-0.4, -0.2) is 11.8 Å². The molecule has 0 aromatic heterocycles. The van der Waals surface area contributed by atoms with E-state index < -0.39 is 53.7 Å². The summed E-state index contributed by atoms with van der Waals surface area (Å²) in [5.74, 6) is -2.79. The third-order valence-corrected chi connectivity index (χ3v) is 59.5. The molecule has 0 heterocycles. The molecule has 0 nitrogen and oxygen atoms in total. The summed E-state index contributed by atoms with van der Waals surface area (Å²) in [5.41, 5.74) is 12.0. The van der Waals surface area contributed by atoms with Crippen LogP contribution in [0.1, 0.15) is 59.0 Å². The number of rotatable bonds is 10. The van der Waals surface area contributed by atoms with Gasteiger partial charge in [-0.25, -0.2) is 0 Å². The Morgan fingerprint density at radius 2 is 0.455 bits per heavy atom. The minimum atomic E-state index is -2.22. The Morgan fingerprint density at radius 3 is 0.682 bits per heavy atom. The topological polar surface area (TPSA) is 0 Å². The van der Waals surface area contributed by atoms with Crippen molar-refractivity contribution in [1.29, 1.82) is 0 Å². The zero-order valence-corrected chi connectivity index (χ0v) is 46.2. The second kappa shape index (κ2) is 21.8. The first-order chi connectivity index (χ1) is 31.8. The fourth-order valence-electron chi connectivity index (χ4n) is 11.0. The van der Waals surface area contributed by atoms with Gasteiger partial charge in [0.05, 0.1) is 0 Å². The molecule has 12 rings (SSSR count). The Morgan fingerprint density at radius 1 is 0.258 bits per heavy atom. The second-order valence-corrected chi connectivity index (χ2v) is 49.2. The Bertz CT molecular complexity index is 2600. The Kier molecular flexibility index (Phi) is 15.4. The molecule has 4 aliphatic rings. The molecule has 8 aromatic carbocycles. The summed E-state index contributed by atoms with van der Waals surface area (Å²) in [6, 6.07) is 82.4. The van der Waals surface area contributed by atoms with Gasteiger partial charge in [0.25, 0.3) is 0 Å². The molecule has 4 aliphatic carbocycles. The molecule has 8 aromatic rings. The zero-order chi connectivity index (χ0) is 42.7. The van der Waals surface area contributed by atoms with Crippen LogP contribution in [0.3, 0.4) is 0 Å². The van der Waals surface area contributed by atoms with E-state index in [0.29, 0.717) is 14.5 Å². The summed E-state index contributed by atoms with van der Waals surface area (Å²) in [6.07, 6.45) is 19.9. The predicted octanol–water partition coefficient (Wildman–Crippen LogP) is 5.37. The number of hydrogen-bond donors (Lipinski definition) is 0. The molecule has 0 aliphatic heterocycles. The van der Waals surface area contributed by atoms with Gasteiger partial charge in [0.1, 0.15) is 0 Å². The Balaban J connectivity index is 0.000000161. The fraction of sp³-hybridized carbons (Fsp3) is 0.0667. The molecule has 4 atom stereocenters. The van der Waals surface area contributed by atoms with E-state index in [9.17, 15) is 0 Å². The third-order valence-electron chi connectivity index (χ3n) is 13.8. The number of benzene rings is 8. The van der Waals surface area contributed by atoms with Crippen molar-refractivity contribution in [2.24, 2.45) is 0 Å². The van der Waals surface area contributed by atoms with Gasteiger partial charge >= 0.3 is 400 Å². The average molecular weight is 1130 g/mol. The Labute approximate surface area is 425 Å². The summed E-state index contributed by atoms with van der Waals surface area (Å²) in [6.45, 7) is 0. The summed E-state index contributed by atoms with van der Waals surface area (Å²) >= 11 is -4.44. The summed E-state index contributed by atoms with van der Waals surface area (Å²) in [5, 5.41) is 6.46. The van der Waals surface area contributed by atoms with Gasteiger partial charge in [-0.05, 0) is 0 Å². The molecule has 0 N–H and O–H groups in total. The molecular weight excluding hydrogens is 1070 g/mol. The number of allylic oxidation sites excluding steroid dienone is 4. The minimum absolute atomic E-state index is 0. The first-order valence-corrected chi connectivity index (χ1v) is 40.5. The van der Waals surface area contributed by atoms with Crippen LogP contribution in [0.25, 0.3) is 24.3 Å². The van der Waals surface area contributed by atoms with Gasteiger partial charge in [0.2, 0.25) is 0 Å². The first kappa shape index (κ1) is 46.8. The van der Waals surface area contributed by atoms with Crippen LogP contribution in [0.2, 0.25) is 0 Å². The smallest absolute Gasteiger partial charge is 1.00 e. The second-order valence-electron chi connectivity index (χ2n) is 17.4. The first-order valence-electron chi connectivity index (χ1n) is 22.8.